The Hall–Kier alpha value is -3.05. The molecule has 1 unspecified atom stereocenters. The number of ether oxygens (including phenoxy) is 2. The first-order valence-corrected chi connectivity index (χ1v) is 13.1. The van der Waals surface area contributed by atoms with E-state index < -0.39 is 12.1 Å². The van der Waals surface area contributed by atoms with Crippen molar-refractivity contribution in [2.75, 3.05) is 27.3 Å². The fourth-order valence-electron chi connectivity index (χ4n) is 4.08. The SMILES string of the molecule is CCC(C)[C@H](OC[C@@H](CCNC)OC)C(=O)N[C@H](C#N)Cc1ccc(-c2cccc(CCC=O)c2)cc1. The van der Waals surface area contributed by atoms with Crippen LogP contribution in [0, 0.1) is 17.2 Å². The van der Waals surface area contributed by atoms with E-state index in [1.54, 1.807) is 7.11 Å². The van der Waals surface area contributed by atoms with Crippen molar-refractivity contribution in [2.45, 2.75) is 64.2 Å². The maximum Gasteiger partial charge on any atom is 0.250 e. The van der Waals surface area contributed by atoms with Crippen LogP contribution in [0.1, 0.15) is 44.2 Å². The van der Waals surface area contributed by atoms with Gasteiger partial charge in [-0.15, -0.1) is 0 Å². The third-order valence-corrected chi connectivity index (χ3v) is 6.61. The highest BCUT2D eigenvalue weighted by atomic mass is 16.5. The fraction of sp³-hybridized carbons (Fsp3) is 0.500. The monoisotopic (exact) mass is 507 g/mol. The fourth-order valence-corrected chi connectivity index (χ4v) is 4.08. The molecule has 0 radical (unpaired) electrons. The summed E-state index contributed by atoms with van der Waals surface area (Å²) < 4.78 is 11.5. The molecule has 2 aromatic carbocycles. The molecule has 0 aliphatic carbocycles. The number of aldehydes is 1. The van der Waals surface area contributed by atoms with Crippen molar-refractivity contribution in [2.24, 2.45) is 5.92 Å². The zero-order chi connectivity index (χ0) is 27.0. The standard InChI is InChI=1S/C30H41N3O4/c1-5-22(2)29(37-21-28(36-4)15-16-32-3)30(35)33-27(20-31)19-24-11-13-25(14-12-24)26-10-6-8-23(18-26)9-7-17-34/h6,8,10-14,17-18,22,27-29,32H,5,7,9,15-16,19,21H2,1-4H3,(H,33,35)/t22?,27-,28+,29-/m0/s1. The van der Waals surface area contributed by atoms with Crippen molar-refractivity contribution in [3.63, 3.8) is 0 Å². The lowest BCUT2D eigenvalue weighted by molar-refractivity contribution is -0.139. The van der Waals surface area contributed by atoms with Gasteiger partial charge in [-0.3, -0.25) is 4.79 Å². The van der Waals surface area contributed by atoms with E-state index in [1.165, 1.54) is 0 Å². The Morgan fingerprint density at radius 1 is 1.14 bits per heavy atom. The molecule has 0 aliphatic heterocycles. The molecule has 2 N–H and O–H groups in total. The second kappa shape index (κ2) is 16.6. The van der Waals surface area contributed by atoms with Crippen LogP contribution >= 0.6 is 0 Å². The van der Waals surface area contributed by atoms with Gasteiger partial charge in [-0.25, -0.2) is 0 Å². The molecule has 0 fully saturated rings. The zero-order valence-electron chi connectivity index (χ0n) is 22.5. The number of carbonyl (C=O) groups excluding carboxylic acids is 2. The maximum absolute atomic E-state index is 13.1. The van der Waals surface area contributed by atoms with E-state index in [1.807, 2.05) is 63.4 Å². The van der Waals surface area contributed by atoms with Crippen LogP contribution < -0.4 is 10.6 Å². The maximum atomic E-state index is 13.1. The average molecular weight is 508 g/mol. The molecule has 0 saturated carbocycles. The van der Waals surface area contributed by atoms with Crippen molar-refractivity contribution in [3.8, 4) is 17.2 Å². The molecule has 200 valence electrons. The lowest BCUT2D eigenvalue weighted by Crippen LogP contribution is -2.46. The summed E-state index contributed by atoms with van der Waals surface area (Å²) in [5.41, 5.74) is 4.22. The van der Waals surface area contributed by atoms with Crippen LogP contribution in [0.25, 0.3) is 11.1 Å². The number of amides is 1. The molecule has 0 aliphatic rings. The molecule has 0 saturated heterocycles. The minimum atomic E-state index is -0.664. The van der Waals surface area contributed by atoms with E-state index in [0.717, 1.165) is 54.3 Å². The summed E-state index contributed by atoms with van der Waals surface area (Å²) in [5.74, 6) is -0.268. The number of carbonyl (C=O) groups is 2. The van der Waals surface area contributed by atoms with Crippen LogP contribution in [-0.4, -0.2) is 57.8 Å². The van der Waals surface area contributed by atoms with Crippen molar-refractivity contribution < 1.29 is 19.1 Å². The van der Waals surface area contributed by atoms with Gasteiger partial charge in [-0.1, -0.05) is 68.8 Å². The first kappa shape index (κ1) is 30.2. The van der Waals surface area contributed by atoms with Crippen LogP contribution in [0.4, 0.5) is 0 Å². The van der Waals surface area contributed by atoms with Crippen LogP contribution in [0.2, 0.25) is 0 Å². The molecular weight excluding hydrogens is 466 g/mol. The quantitative estimate of drug-likeness (QED) is 0.313. The molecule has 4 atom stereocenters. The molecule has 2 aromatic rings. The summed E-state index contributed by atoms with van der Waals surface area (Å²) in [5, 5.41) is 15.7. The second-order valence-corrected chi connectivity index (χ2v) is 9.39. The van der Waals surface area contributed by atoms with E-state index >= 15 is 0 Å². The minimum Gasteiger partial charge on any atom is -0.379 e. The number of methoxy groups -OCH3 is 1. The summed E-state index contributed by atoms with van der Waals surface area (Å²) in [6, 6.07) is 17.7. The van der Waals surface area contributed by atoms with Crippen molar-refractivity contribution in [1.82, 2.24) is 10.6 Å². The van der Waals surface area contributed by atoms with E-state index in [9.17, 15) is 14.9 Å². The highest BCUT2D eigenvalue weighted by Gasteiger charge is 2.28. The number of hydrogen-bond acceptors (Lipinski definition) is 6. The van der Waals surface area contributed by atoms with Gasteiger partial charge in [-0.05, 0) is 54.6 Å². The Balaban J connectivity index is 2.02. The van der Waals surface area contributed by atoms with Gasteiger partial charge in [0.05, 0.1) is 18.8 Å². The highest BCUT2D eigenvalue weighted by molar-refractivity contribution is 5.81. The largest absolute Gasteiger partial charge is 0.379 e. The zero-order valence-corrected chi connectivity index (χ0v) is 22.5. The summed E-state index contributed by atoms with van der Waals surface area (Å²) in [6.45, 7) is 5.11. The lowest BCUT2D eigenvalue weighted by atomic mass is 9.98. The Kier molecular flexibility index (Phi) is 13.6. The number of nitrogens with zero attached hydrogens (tertiary/aromatic N) is 1. The Bertz CT molecular complexity index is 1000. The molecular formula is C30H41N3O4. The Labute approximate surface area is 221 Å². The van der Waals surface area contributed by atoms with Gasteiger partial charge in [0.1, 0.15) is 18.4 Å². The molecule has 0 bridgehead atoms. The predicted octanol–water partition coefficient (Wildman–Crippen LogP) is 4.09. The summed E-state index contributed by atoms with van der Waals surface area (Å²) in [6.07, 6.45) is 3.37. The highest BCUT2D eigenvalue weighted by Crippen LogP contribution is 2.22. The Morgan fingerprint density at radius 3 is 2.51 bits per heavy atom. The van der Waals surface area contributed by atoms with Crippen molar-refractivity contribution in [3.05, 3.63) is 59.7 Å². The van der Waals surface area contributed by atoms with Crippen LogP contribution in [0.15, 0.2) is 48.5 Å². The van der Waals surface area contributed by atoms with E-state index in [0.29, 0.717) is 19.4 Å². The number of nitrogens with one attached hydrogen (secondary N) is 2. The number of aryl methyl sites for hydroxylation is 1. The average Bonchev–Trinajstić information content (AvgIpc) is 2.93. The molecule has 0 heterocycles. The molecule has 37 heavy (non-hydrogen) atoms. The van der Waals surface area contributed by atoms with Crippen LogP contribution in [0.5, 0.6) is 0 Å². The smallest absolute Gasteiger partial charge is 0.250 e. The van der Waals surface area contributed by atoms with Gasteiger partial charge < -0.3 is 24.9 Å². The summed E-state index contributed by atoms with van der Waals surface area (Å²) in [4.78, 5) is 23.8. The third kappa shape index (κ3) is 10.1. The predicted molar refractivity (Wildman–Crippen MR) is 146 cm³/mol. The van der Waals surface area contributed by atoms with Crippen molar-refractivity contribution in [1.29, 1.82) is 5.26 Å². The number of nitriles is 1. The van der Waals surface area contributed by atoms with Gasteiger partial charge in [0, 0.05) is 20.0 Å². The number of hydrogen-bond donors (Lipinski definition) is 2. The van der Waals surface area contributed by atoms with Gasteiger partial charge in [-0.2, -0.15) is 5.26 Å². The Morgan fingerprint density at radius 2 is 1.89 bits per heavy atom. The van der Waals surface area contributed by atoms with Gasteiger partial charge in [0.2, 0.25) is 5.91 Å². The summed E-state index contributed by atoms with van der Waals surface area (Å²) >= 11 is 0. The molecule has 7 nitrogen and oxygen atoms in total. The van der Waals surface area contributed by atoms with E-state index in [4.69, 9.17) is 9.47 Å². The second-order valence-electron chi connectivity index (χ2n) is 9.39. The van der Waals surface area contributed by atoms with Crippen LogP contribution in [-0.2, 0) is 31.9 Å². The molecule has 2 rings (SSSR count). The third-order valence-electron chi connectivity index (χ3n) is 6.61. The first-order valence-electron chi connectivity index (χ1n) is 13.1. The van der Waals surface area contributed by atoms with E-state index in [2.05, 4.69) is 22.8 Å². The molecule has 1 amide bonds. The van der Waals surface area contributed by atoms with Crippen LogP contribution in [0.3, 0.4) is 0 Å². The van der Waals surface area contributed by atoms with Crippen molar-refractivity contribution >= 4 is 12.2 Å². The van der Waals surface area contributed by atoms with E-state index in [-0.39, 0.29) is 17.9 Å². The normalized spacial score (nSPS) is 14.2. The lowest BCUT2D eigenvalue weighted by Gasteiger charge is -2.26. The summed E-state index contributed by atoms with van der Waals surface area (Å²) in [7, 11) is 3.53. The molecule has 7 heteroatoms. The minimum absolute atomic E-state index is 0.00253. The van der Waals surface area contributed by atoms with Gasteiger partial charge >= 0.3 is 0 Å². The molecule has 0 aromatic heterocycles. The van der Waals surface area contributed by atoms with Gasteiger partial charge in [0.25, 0.3) is 0 Å². The topological polar surface area (TPSA) is 100 Å². The number of benzene rings is 2. The first-order chi connectivity index (χ1) is 17.9. The molecule has 0 spiro atoms. The number of rotatable bonds is 17. The van der Waals surface area contributed by atoms with Gasteiger partial charge in [0.15, 0.2) is 0 Å².